The average Bonchev–Trinajstić information content (AvgIpc) is 2.54. The van der Waals surface area contributed by atoms with Crippen molar-refractivity contribution in [2.24, 2.45) is 0 Å². The van der Waals surface area contributed by atoms with Crippen LogP contribution in [0, 0.1) is 0 Å². The van der Waals surface area contributed by atoms with Crippen LogP contribution in [0.3, 0.4) is 0 Å². The number of ether oxygens (including phenoxy) is 2. The van der Waals surface area contributed by atoms with Gasteiger partial charge < -0.3 is 14.4 Å². The summed E-state index contributed by atoms with van der Waals surface area (Å²) in [7, 11) is 1.72. The predicted molar refractivity (Wildman–Crippen MR) is 93.9 cm³/mol. The van der Waals surface area contributed by atoms with Crippen LogP contribution in [0.5, 0.6) is 11.6 Å². The number of carbonyl (C=O) groups excluding carboxylic acids is 1. The minimum absolute atomic E-state index is 0.0466. The molecule has 0 fully saturated rings. The van der Waals surface area contributed by atoms with E-state index < -0.39 is 0 Å². The summed E-state index contributed by atoms with van der Waals surface area (Å²) in [6.45, 7) is 4.68. The second kappa shape index (κ2) is 8.55. The van der Waals surface area contributed by atoms with Crippen molar-refractivity contribution in [3.8, 4) is 11.6 Å². The van der Waals surface area contributed by atoms with Gasteiger partial charge in [-0.25, -0.2) is 4.98 Å². The van der Waals surface area contributed by atoms with E-state index in [9.17, 15) is 4.79 Å². The highest BCUT2D eigenvalue weighted by Gasteiger charge is 2.12. The lowest BCUT2D eigenvalue weighted by Gasteiger charge is -2.17. The van der Waals surface area contributed by atoms with Gasteiger partial charge in [0.15, 0.2) is 0 Å². The van der Waals surface area contributed by atoms with E-state index in [-0.39, 0.29) is 12.0 Å². The first kappa shape index (κ1) is 18.1. The van der Waals surface area contributed by atoms with Crippen LogP contribution in [0.4, 0.5) is 0 Å². The molecule has 0 bridgehead atoms. The monoisotopic (exact) mass is 348 g/mol. The van der Waals surface area contributed by atoms with E-state index in [0.717, 1.165) is 0 Å². The summed E-state index contributed by atoms with van der Waals surface area (Å²) in [6.07, 6.45) is 1.57. The van der Waals surface area contributed by atoms with Crippen molar-refractivity contribution in [2.75, 3.05) is 20.2 Å². The molecule has 0 aliphatic rings. The van der Waals surface area contributed by atoms with E-state index >= 15 is 0 Å². The van der Waals surface area contributed by atoms with Crippen LogP contribution in [0.25, 0.3) is 0 Å². The Kier molecular flexibility index (Phi) is 6.44. The number of carbonyl (C=O) groups is 1. The standard InChI is InChI=1S/C18H21ClN2O3/c1-13(2)24-17-8-7-14(12-20-17)18(22)21(3)9-10-23-16-6-4-5-15(19)11-16/h4-8,11-13H,9-10H2,1-3H3. The molecule has 0 atom stereocenters. The van der Waals surface area contributed by atoms with E-state index in [1.165, 1.54) is 6.20 Å². The average molecular weight is 349 g/mol. The fraction of sp³-hybridized carbons (Fsp3) is 0.333. The maximum Gasteiger partial charge on any atom is 0.255 e. The van der Waals surface area contributed by atoms with Gasteiger partial charge in [0.25, 0.3) is 5.91 Å². The van der Waals surface area contributed by atoms with Crippen LogP contribution < -0.4 is 9.47 Å². The van der Waals surface area contributed by atoms with Crippen molar-refractivity contribution in [1.29, 1.82) is 0 Å². The Bertz CT molecular complexity index is 674. The minimum atomic E-state index is -0.117. The third-order valence-electron chi connectivity index (χ3n) is 3.18. The molecule has 1 aromatic carbocycles. The number of aromatic nitrogens is 1. The number of nitrogens with zero attached hydrogens (tertiary/aromatic N) is 2. The molecule has 128 valence electrons. The molecular formula is C18H21ClN2O3. The van der Waals surface area contributed by atoms with Crippen molar-refractivity contribution in [3.63, 3.8) is 0 Å². The Labute approximate surface area is 147 Å². The Morgan fingerprint density at radius 2 is 2.08 bits per heavy atom. The topological polar surface area (TPSA) is 51.7 Å². The Balaban J connectivity index is 1.85. The van der Waals surface area contributed by atoms with Crippen molar-refractivity contribution >= 4 is 17.5 Å². The fourth-order valence-electron chi connectivity index (χ4n) is 2.00. The zero-order valence-corrected chi connectivity index (χ0v) is 14.8. The van der Waals surface area contributed by atoms with Gasteiger partial charge >= 0.3 is 0 Å². The fourth-order valence-corrected chi connectivity index (χ4v) is 2.18. The molecule has 6 heteroatoms. The first-order chi connectivity index (χ1) is 11.5. The summed E-state index contributed by atoms with van der Waals surface area (Å²) in [5.41, 5.74) is 0.511. The first-order valence-electron chi connectivity index (χ1n) is 7.72. The molecule has 2 aromatic rings. The molecule has 1 heterocycles. The smallest absolute Gasteiger partial charge is 0.255 e. The number of likely N-dealkylation sites (N-methyl/N-ethyl adjacent to an activating group) is 1. The zero-order chi connectivity index (χ0) is 17.5. The highest BCUT2D eigenvalue weighted by molar-refractivity contribution is 6.30. The molecule has 24 heavy (non-hydrogen) atoms. The van der Waals surface area contributed by atoms with Gasteiger partial charge in [-0.05, 0) is 38.1 Å². The number of benzene rings is 1. The summed E-state index contributed by atoms with van der Waals surface area (Å²) < 4.78 is 11.1. The number of hydrogen-bond acceptors (Lipinski definition) is 4. The van der Waals surface area contributed by atoms with Gasteiger partial charge in [0, 0.05) is 24.3 Å². The molecule has 0 N–H and O–H groups in total. The van der Waals surface area contributed by atoms with Crippen molar-refractivity contribution in [2.45, 2.75) is 20.0 Å². The first-order valence-corrected chi connectivity index (χ1v) is 8.10. The molecular weight excluding hydrogens is 328 g/mol. The van der Waals surface area contributed by atoms with Crippen LogP contribution in [0.1, 0.15) is 24.2 Å². The molecule has 5 nitrogen and oxygen atoms in total. The third kappa shape index (κ3) is 5.42. The Morgan fingerprint density at radius 3 is 2.71 bits per heavy atom. The van der Waals surface area contributed by atoms with Crippen LogP contribution in [-0.4, -0.2) is 42.1 Å². The Hall–Kier alpha value is -2.27. The molecule has 0 unspecified atom stereocenters. The van der Waals surface area contributed by atoms with Gasteiger partial charge in [-0.2, -0.15) is 0 Å². The van der Waals surface area contributed by atoms with Crippen molar-refractivity contribution in [1.82, 2.24) is 9.88 Å². The number of rotatable bonds is 7. The lowest BCUT2D eigenvalue weighted by molar-refractivity contribution is 0.0773. The maximum atomic E-state index is 12.3. The van der Waals surface area contributed by atoms with E-state index in [2.05, 4.69) is 4.98 Å². The summed E-state index contributed by atoms with van der Waals surface area (Å²) in [6, 6.07) is 10.6. The molecule has 2 rings (SSSR count). The highest BCUT2D eigenvalue weighted by atomic mass is 35.5. The summed E-state index contributed by atoms with van der Waals surface area (Å²) >= 11 is 5.90. The van der Waals surface area contributed by atoms with E-state index in [1.54, 1.807) is 36.2 Å². The Morgan fingerprint density at radius 1 is 1.29 bits per heavy atom. The summed E-state index contributed by atoms with van der Waals surface area (Å²) in [5.74, 6) is 1.07. The minimum Gasteiger partial charge on any atom is -0.492 e. The molecule has 1 amide bonds. The maximum absolute atomic E-state index is 12.3. The summed E-state index contributed by atoms with van der Waals surface area (Å²) in [5, 5.41) is 0.617. The normalized spacial score (nSPS) is 10.5. The number of halogens is 1. The molecule has 1 aromatic heterocycles. The van der Waals surface area contributed by atoms with Gasteiger partial charge in [0.2, 0.25) is 5.88 Å². The van der Waals surface area contributed by atoms with E-state index in [1.807, 2.05) is 26.0 Å². The second-order valence-corrected chi connectivity index (χ2v) is 6.02. The third-order valence-corrected chi connectivity index (χ3v) is 3.41. The van der Waals surface area contributed by atoms with Gasteiger partial charge in [0.05, 0.1) is 18.2 Å². The van der Waals surface area contributed by atoms with Crippen LogP contribution >= 0.6 is 11.6 Å². The lowest BCUT2D eigenvalue weighted by atomic mass is 10.2. The number of hydrogen-bond donors (Lipinski definition) is 0. The SMILES string of the molecule is CC(C)Oc1ccc(C(=O)N(C)CCOc2cccc(Cl)c2)cn1. The number of pyridine rings is 1. The number of amides is 1. The molecule has 0 spiro atoms. The van der Waals surface area contributed by atoms with Crippen LogP contribution in [0.2, 0.25) is 5.02 Å². The highest BCUT2D eigenvalue weighted by Crippen LogP contribution is 2.17. The van der Waals surface area contributed by atoms with Gasteiger partial charge in [-0.15, -0.1) is 0 Å². The summed E-state index contributed by atoms with van der Waals surface area (Å²) in [4.78, 5) is 18.1. The van der Waals surface area contributed by atoms with E-state index in [0.29, 0.717) is 35.4 Å². The van der Waals surface area contributed by atoms with Crippen molar-refractivity contribution < 1.29 is 14.3 Å². The lowest BCUT2D eigenvalue weighted by Crippen LogP contribution is -2.31. The molecule has 0 aliphatic carbocycles. The van der Waals surface area contributed by atoms with Crippen LogP contribution in [0.15, 0.2) is 42.6 Å². The van der Waals surface area contributed by atoms with Crippen molar-refractivity contribution in [3.05, 3.63) is 53.2 Å². The molecule has 0 radical (unpaired) electrons. The molecule has 0 saturated carbocycles. The largest absolute Gasteiger partial charge is 0.492 e. The van der Waals surface area contributed by atoms with E-state index in [4.69, 9.17) is 21.1 Å². The van der Waals surface area contributed by atoms with Gasteiger partial charge in [-0.1, -0.05) is 17.7 Å². The second-order valence-electron chi connectivity index (χ2n) is 5.58. The predicted octanol–water partition coefficient (Wildman–Crippen LogP) is 3.67. The quantitative estimate of drug-likeness (QED) is 0.766. The van der Waals surface area contributed by atoms with Gasteiger partial charge in [0.1, 0.15) is 12.4 Å². The molecule has 0 aliphatic heterocycles. The molecule has 0 saturated heterocycles. The zero-order valence-electron chi connectivity index (χ0n) is 14.0. The van der Waals surface area contributed by atoms with Crippen LogP contribution in [-0.2, 0) is 0 Å². The van der Waals surface area contributed by atoms with Gasteiger partial charge in [-0.3, -0.25) is 4.79 Å².